The van der Waals surface area contributed by atoms with Gasteiger partial charge in [-0.1, -0.05) is 176 Å². The average Bonchev–Trinajstić information content (AvgIpc) is 3.68. The van der Waals surface area contributed by atoms with E-state index in [1.54, 1.807) is 0 Å². The summed E-state index contributed by atoms with van der Waals surface area (Å²) in [4.78, 5) is 5.40. The van der Waals surface area contributed by atoms with Gasteiger partial charge in [0.15, 0.2) is 0 Å². The number of aliphatic imine (C=N–C) groups is 1. The molecule has 1 unspecified atom stereocenters. The number of allylic oxidation sites excluding steroid dienone is 4. The fraction of sp³-hybridized carbons (Fsp3) is 0.0517. The molecule has 0 saturated heterocycles. The molecule has 1 atom stereocenters. The highest BCUT2D eigenvalue weighted by Gasteiger charge is 2.26. The van der Waals surface area contributed by atoms with Crippen LogP contribution in [-0.2, 0) is 0 Å². The maximum atomic E-state index is 5.40. The maximum Gasteiger partial charge on any atom is 0.0947 e. The number of benzene rings is 9. The van der Waals surface area contributed by atoms with E-state index in [9.17, 15) is 0 Å². The normalized spacial score (nSPS) is 14.9. The average molecular weight is 780 g/mol. The van der Waals surface area contributed by atoms with Gasteiger partial charge in [-0.3, -0.25) is 0 Å². The van der Waals surface area contributed by atoms with Crippen molar-refractivity contribution in [3.63, 3.8) is 0 Å². The van der Waals surface area contributed by atoms with E-state index in [4.69, 9.17) is 4.99 Å². The number of aromatic nitrogens is 1. The first-order valence-corrected chi connectivity index (χ1v) is 21.3. The third-order valence-corrected chi connectivity index (χ3v) is 12.6. The van der Waals surface area contributed by atoms with Crippen LogP contribution in [0.1, 0.15) is 35.6 Å². The molecular formula is C58H41N3. The molecule has 3 heteroatoms. The van der Waals surface area contributed by atoms with Crippen LogP contribution in [0.25, 0.3) is 76.9 Å². The highest BCUT2D eigenvalue weighted by atomic mass is 15.0. The largest absolute Gasteiger partial charge is 0.371 e. The van der Waals surface area contributed by atoms with Crippen LogP contribution in [-0.4, -0.2) is 10.3 Å². The van der Waals surface area contributed by atoms with E-state index in [2.05, 4.69) is 222 Å². The maximum absolute atomic E-state index is 5.40. The first kappa shape index (κ1) is 35.2. The summed E-state index contributed by atoms with van der Waals surface area (Å²) >= 11 is 0. The van der Waals surface area contributed by atoms with Gasteiger partial charge in [-0.25, -0.2) is 4.99 Å². The molecule has 0 radical (unpaired) electrons. The van der Waals surface area contributed by atoms with Crippen molar-refractivity contribution in [2.24, 2.45) is 4.99 Å². The first-order chi connectivity index (χ1) is 30.3. The predicted molar refractivity (Wildman–Crippen MR) is 258 cm³/mol. The van der Waals surface area contributed by atoms with Crippen molar-refractivity contribution >= 4 is 66.0 Å². The van der Waals surface area contributed by atoms with Crippen molar-refractivity contribution in [3.05, 3.63) is 229 Å². The first-order valence-electron chi connectivity index (χ1n) is 21.3. The minimum absolute atomic E-state index is 0.0572. The number of hydrogen-bond acceptors (Lipinski definition) is 2. The number of nitrogens with one attached hydrogen (secondary N) is 1. The van der Waals surface area contributed by atoms with Gasteiger partial charge in [-0.2, -0.15) is 0 Å². The Bertz CT molecular complexity index is 3430. The molecule has 61 heavy (non-hydrogen) atoms. The zero-order chi connectivity index (χ0) is 40.3. The summed E-state index contributed by atoms with van der Waals surface area (Å²) in [6.45, 7) is 0. The Labute approximate surface area is 355 Å². The van der Waals surface area contributed by atoms with Crippen molar-refractivity contribution in [1.82, 2.24) is 4.57 Å². The van der Waals surface area contributed by atoms with E-state index in [-0.39, 0.29) is 6.04 Å². The zero-order valence-electron chi connectivity index (χ0n) is 33.6. The zero-order valence-corrected chi connectivity index (χ0v) is 33.6. The van der Waals surface area contributed by atoms with Crippen molar-refractivity contribution in [2.75, 3.05) is 5.32 Å². The fourth-order valence-corrected chi connectivity index (χ4v) is 9.81. The highest BCUT2D eigenvalue weighted by Crippen LogP contribution is 2.46. The van der Waals surface area contributed by atoms with Crippen LogP contribution in [0.15, 0.2) is 217 Å². The van der Waals surface area contributed by atoms with Gasteiger partial charge in [-0.05, 0) is 115 Å². The summed E-state index contributed by atoms with van der Waals surface area (Å²) < 4.78 is 2.52. The minimum Gasteiger partial charge on any atom is -0.371 e. The second-order valence-corrected chi connectivity index (χ2v) is 16.2. The molecule has 0 spiro atoms. The smallest absolute Gasteiger partial charge is 0.0947 e. The van der Waals surface area contributed by atoms with Gasteiger partial charge in [0.05, 0.1) is 34.2 Å². The Balaban J connectivity index is 1.10. The fourth-order valence-electron chi connectivity index (χ4n) is 9.81. The lowest BCUT2D eigenvalue weighted by Crippen LogP contribution is -2.24. The summed E-state index contributed by atoms with van der Waals surface area (Å²) in [6.07, 6.45) is 9.16. The molecule has 1 aliphatic heterocycles. The Morgan fingerprint density at radius 3 is 1.75 bits per heavy atom. The molecule has 1 N–H and O–H groups in total. The Hall–Kier alpha value is -7.75. The third-order valence-electron chi connectivity index (χ3n) is 12.6. The quantitative estimate of drug-likeness (QED) is 0.179. The third kappa shape index (κ3) is 5.92. The molecule has 12 rings (SSSR count). The van der Waals surface area contributed by atoms with Gasteiger partial charge in [0.25, 0.3) is 0 Å². The van der Waals surface area contributed by atoms with Crippen LogP contribution in [0.5, 0.6) is 0 Å². The molecule has 0 amide bonds. The summed E-state index contributed by atoms with van der Waals surface area (Å²) in [5.74, 6) is 0. The van der Waals surface area contributed by atoms with Gasteiger partial charge in [0.1, 0.15) is 0 Å². The molecule has 0 fully saturated rings. The van der Waals surface area contributed by atoms with Crippen LogP contribution in [0.4, 0.5) is 11.4 Å². The molecule has 1 aromatic heterocycles. The number of anilines is 1. The van der Waals surface area contributed by atoms with Crippen LogP contribution < -0.4 is 5.32 Å². The molecule has 3 nitrogen and oxygen atoms in total. The van der Waals surface area contributed by atoms with Gasteiger partial charge in [-0.15, -0.1) is 0 Å². The lowest BCUT2D eigenvalue weighted by Gasteiger charge is -2.28. The predicted octanol–water partition coefficient (Wildman–Crippen LogP) is 15.4. The number of hydrogen-bond donors (Lipinski definition) is 1. The van der Waals surface area contributed by atoms with Crippen molar-refractivity contribution < 1.29 is 0 Å². The number of rotatable bonds is 6. The Kier molecular flexibility index (Phi) is 8.38. The van der Waals surface area contributed by atoms with E-state index >= 15 is 0 Å². The lowest BCUT2D eigenvalue weighted by molar-refractivity contribution is 1.01. The van der Waals surface area contributed by atoms with E-state index in [0.29, 0.717) is 0 Å². The Morgan fingerprint density at radius 2 is 1.07 bits per heavy atom. The molecule has 0 bridgehead atoms. The van der Waals surface area contributed by atoms with E-state index in [0.717, 1.165) is 52.3 Å². The molecule has 9 aromatic carbocycles. The van der Waals surface area contributed by atoms with Crippen LogP contribution in [0, 0.1) is 0 Å². The molecule has 0 saturated carbocycles. The van der Waals surface area contributed by atoms with E-state index in [1.165, 1.54) is 71.2 Å². The summed E-state index contributed by atoms with van der Waals surface area (Å²) in [6, 6.07) is 70.5. The number of nitrogens with zero attached hydrogens (tertiary/aromatic N) is 2. The second-order valence-electron chi connectivity index (χ2n) is 16.2. The highest BCUT2D eigenvalue weighted by molar-refractivity contribution is 6.31. The molecule has 1 aliphatic carbocycles. The lowest BCUT2D eigenvalue weighted by atomic mass is 9.90. The van der Waals surface area contributed by atoms with Crippen molar-refractivity contribution in [2.45, 2.75) is 18.9 Å². The topological polar surface area (TPSA) is 29.3 Å². The minimum atomic E-state index is -0.0572. The summed E-state index contributed by atoms with van der Waals surface area (Å²) in [5.41, 5.74) is 16.1. The summed E-state index contributed by atoms with van der Waals surface area (Å²) in [7, 11) is 0. The van der Waals surface area contributed by atoms with Crippen LogP contribution >= 0.6 is 0 Å². The molecule has 2 aliphatic rings. The van der Waals surface area contributed by atoms with E-state index < -0.39 is 0 Å². The van der Waals surface area contributed by atoms with Crippen molar-refractivity contribution in [1.29, 1.82) is 0 Å². The monoisotopic (exact) mass is 779 g/mol. The van der Waals surface area contributed by atoms with Crippen LogP contribution in [0.3, 0.4) is 0 Å². The van der Waals surface area contributed by atoms with Crippen molar-refractivity contribution in [3.8, 4) is 27.9 Å². The van der Waals surface area contributed by atoms with Gasteiger partial charge < -0.3 is 9.88 Å². The summed E-state index contributed by atoms with van der Waals surface area (Å²) in [5, 5.41) is 11.5. The van der Waals surface area contributed by atoms with E-state index in [1.807, 2.05) is 0 Å². The number of fused-ring (bicyclic) bond motifs is 8. The molecule has 10 aromatic rings. The standard InChI is InChI=1S/C58H41N3/c1-5-18-38(19-6-1)49-36-53-55(47-30-15-13-28-45(47)49)56-48-31-16-14-29-46(48)50(39-20-7-2-8-21-39)37-54(56)61(53)44-27-17-26-42(34-44)43-32-33-51-52(35-43)60-58(41-24-11-4-12-25-41)57(59-51)40-22-9-3-10-23-40/h1,3-7,9-37,57,59H,2,8H2. The van der Waals surface area contributed by atoms with Crippen LogP contribution in [0.2, 0.25) is 0 Å². The van der Waals surface area contributed by atoms with Gasteiger partial charge in [0.2, 0.25) is 0 Å². The van der Waals surface area contributed by atoms with Gasteiger partial charge >= 0.3 is 0 Å². The molecule has 288 valence electrons. The Morgan fingerprint density at radius 1 is 0.475 bits per heavy atom. The SMILES string of the molecule is C1=CC(c2cc3c(c4ccccc24)c2c4ccccc4c(-c4ccccc4)cc2n3-c2cccc(-c3ccc4c(c3)N=C(c3ccccc3)C(c3ccccc3)N4)c2)=CCC1. The molecule has 2 heterocycles. The van der Waals surface area contributed by atoms with Gasteiger partial charge in [0, 0.05) is 16.5 Å². The molecular weight excluding hydrogens is 739 g/mol. The second kappa shape index (κ2) is 14.5.